The fourth-order valence-electron chi connectivity index (χ4n) is 3.20. The molecule has 0 aromatic heterocycles. The quantitative estimate of drug-likeness (QED) is 0.553. The maximum Gasteiger partial charge on any atom is 0.410 e. The van der Waals surface area contributed by atoms with Gasteiger partial charge in [-0.25, -0.2) is 4.79 Å². The molecule has 4 N–H and O–H groups in total. The highest BCUT2D eigenvalue weighted by atomic mass is 16.6. The normalized spacial score (nSPS) is 18.9. The lowest BCUT2D eigenvalue weighted by molar-refractivity contribution is -0.133. The van der Waals surface area contributed by atoms with Crippen LogP contribution < -0.4 is 16.4 Å². The maximum absolute atomic E-state index is 12.9. The molecule has 0 bridgehead atoms. The number of carbonyl (C=O) groups excluding carboxylic acids is 4. The Kier molecular flexibility index (Phi) is 8.91. The van der Waals surface area contributed by atoms with Crippen molar-refractivity contribution in [2.75, 3.05) is 6.54 Å². The molecule has 0 spiro atoms. The van der Waals surface area contributed by atoms with E-state index in [1.807, 2.05) is 13.8 Å². The van der Waals surface area contributed by atoms with Crippen LogP contribution in [-0.4, -0.2) is 59.0 Å². The second-order valence-corrected chi connectivity index (χ2v) is 8.89. The van der Waals surface area contributed by atoms with Crippen LogP contribution in [0, 0.1) is 5.92 Å². The Hall–Kier alpha value is -2.32. The maximum atomic E-state index is 12.9. The van der Waals surface area contributed by atoms with Gasteiger partial charge in [0.05, 0.1) is 0 Å². The summed E-state index contributed by atoms with van der Waals surface area (Å²) in [4.78, 5) is 50.8. The number of likely N-dealkylation sites (tertiary alicyclic amines) is 1. The van der Waals surface area contributed by atoms with Crippen molar-refractivity contribution in [3.05, 3.63) is 0 Å². The number of hydrogen-bond donors (Lipinski definition) is 3. The van der Waals surface area contributed by atoms with E-state index in [-0.39, 0.29) is 5.92 Å². The Morgan fingerprint density at radius 3 is 2.24 bits per heavy atom. The number of nitrogens with two attached hydrogens (primary N) is 1. The van der Waals surface area contributed by atoms with Crippen LogP contribution in [0.2, 0.25) is 0 Å². The fourth-order valence-corrected chi connectivity index (χ4v) is 3.20. The van der Waals surface area contributed by atoms with Crippen molar-refractivity contribution < 1.29 is 23.9 Å². The minimum absolute atomic E-state index is 0.130. The molecule has 4 amide bonds. The van der Waals surface area contributed by atoms with Crippen molar-refractivity contribution in [2.45, 2.75) is 91.0 Å². The summed E-state index contributed by atoms with van der Waals surface area (Å²) < 4.78 is 5.39. The predicted octanol–water partition coefficient (Wildman–Crippen LogP) is 1.30. The minimum atomic E-state index is -0.822. The number of nitrogens with zero attached hydrogens (tertiary/aromatic N) is 1. The van der Waals surface area contributed by atoms with Gasteiger partial charge < -0.3 is 21.1 Å². The fraction of sp³-hybridized carbons (Fsp3) is 0.800. The lowest BCUT2D eigenvalue weighted by Gasteiger charge is -2.29. The van der Waals surface area contributed by atoms with Gasteiger partial charge in [0.15, 0.2) is 0 Å². The van der Waals surface area contributed by atoms with E-state index in [0.717, 1.165) is 0 Å². The first kappa shape index (κ1) is 24.7. The highest BCUT2D eigenvalue weighted by Crippen LogP contribution is 2.21. The van der Waals surface area contributed by atoms with Crippen molar-refractivity contribution in [3.8, 4) is 0 Å². The Labute approximate surface area is 173 Å². The molecule has 0 aromatic rings. The molecular formula is C20H36N4O5. The first-order valence-electron chi connectivity index (χ1n) is 10.2. The third-order valence-corrected chi connectivity index (χ3v) is 4.59. The van der Waals surface area contributed by atoms with Gasteiger partial charge in [0.25, 0.3) is 0 Å². The average Bonchev–Trinajstić information content (AvgIpc) is 3.06. The van der Waals surface area contributed by atoms with Crippen LogP contribution in [0.3, 0.4) is 0 Å². The number of nitrogens with one attached hydrogen (secondary N) is 2. The first-order chi connectivity index (χ1) is 13.4. The van der Waals surface area contributed by atoms with Crippen LogP contribution in [0.5, 0.6) is 0 Å². The molecule has 0 saturated carbocycles. The zero-order chi connectivity index (χ0) is 22.4. The van der Waals surface area contributed by atoms with Gasteiger partial charge in [-0.1, -0.05) is 20.8 Å². The number of ether oxygens (including phenoxy) is 1. The lowest BCUT2D eigenvalue weighted by Crippen LogP contribution is -2.56. The van der Waals surface area contributed by atoms with E-state index in [1.54, 1.807) is 27.7 Å². The van der Waals surface area contributed by atoms with Gasteiger partial charge in [0, 0.05) is 6.54 Å². The van der Waals surface area contributed by atoms with Crippen LogP contribution in [0.1, 0.15) is 67.2 Å². The summed E-state index contributed by atoms with van der Waals surface area (Å²) in [6.45, 7) is 11.3. The Morgan fingerprint density at radius 2 is 1.76 bits per heavy atom. The van der Waals surface area contributed by atoms with Crippen LogP contribution in [0.15, 0.2) is 0 Å². The second kappa shape index (κ2) is 10.5. The molecule has 1 saturated heterocycles. The summed E-state index contributed by atoms with van der Waals surface area (Å²) in [6, 6.07) is -2.30. The summed E-state index contributed by atoms with van der Waals surface area (Å²) in [5.74, 6) is -1.35. The van der Waals surface area contributed by atoms with Gasteiger partial charge in [0.2, 0.25) is 17.7 Å². The molecule has 3 atom stereocenters. The highest BCUT2D eigenvalue weighted by Gasteiger charge is 2.38. The molecule has 1 aliphatic rings. The molecular weight excluding hydrogens is 376 g/mol. The van der Waals surface area contributed by atoms with Gasteiger partial charge in [-0.15, -0.1) is 0 Å². The van der Waals surface area contributed by atoms with Crippen molar-refractivity contribution in [1.82, 2.24) is 15.5 Å². The molecule has 1 fully saturated rings. The van der Waals surface area contributed by atoms with Gasteiger partial charge in [-0.2, -0.15) is 0 Å². The van der Waals surface area contributed by atoms with E-state index < -0.39 is 47.5 Å². The average molecular weight is 413 g/mol. The molecule has 0 radical (unpaired) electrons. The SMILES string of the molecule is CC[C@H](NC(=O)[C@H](CC(C)C)NC(=O)[C@@H]1CCCN1C(=O)OC(C)(C)C)C(N)=O. The Bertz CT molecular complexity index is 614. The van der Waals surface area contributed by atoms with Crippen molar-refractivity contribution in [1.29, 1.82) is 0 Å². The third kappa shape index (κ3) is 7.91. The van der Waals surface area contributed by atoms with E-state index in [2.05, 4.69) is 10.6 Å². The van der Waals surface area contributed by atoms with Crippen LogP contribution in [0.25, 0.3) is 0 Å². The highest BCUT2D eigenvalue weighted by molar-refractivity contribution is 5.93. The van der Waals surface area contributed by atoms with Crippen molar-refractivity contribution in [3.63, 3.8) is 0 Å². The van der Waals surface area contributed by atoms with E-state index >= 15 is 0 Å². The van der Waals surface area contributed by atoms with Crippen LogP contribution in [0.4, 0.5) is 4.79 Å². The number of hydrogen-bond acceptors (Lipinski definition) is 5. The zero-order valence-corrected chi connectivity index (χ0v) is 18.4. The smallest absolute Gasteiger partial charge is 0.410 e. The molecule has 0 unspecified atom stereocenters. The number of rotatable bonds is 8. The van der Waals surface area contributed by atoms with Gasteiger partial charge >= 0.3 is 6.09 Å². The Morgan fingerprint density at radius 1 is 1.14 bits per heavy atom. The molecule has 1 rings (SSSR count). The first-order valence-corrected chi connectivity index (χ1v) is 10.2. The van der Waals surface area contributed by atoms with Crippen LogP contribution >= 0.6 is 0 Å². The molecule has 9 nitrogen and oxygen atoms in total. The summed E-state index contributed by atoms with van der Waals surface area (Å²) in [5, 5.41) is 5.35. The number of amides is 4. The third-order valence-electron chi connectivity index (χ3n) is 4.59. The standard InChI is InChI=1S/C20H36N4O5/c1-7-13(16(21)25)22-17(26)14(11-12(2)3)23-18(27)15-9-8-10-24(15)19(28)29-20(4,5)6/h12-15H,7-11H2,1-6H3,(H2,21,25)(H,22,26)(H,23,27)/t13-,14-,15-/m0/s1. The molecule has 0 aromatic carbocycles. The molecule has 9 heteroatoms. The molecule has 166 valence electrons. The van der Waals surface area contributed by atoms with E-state index in [4.69, 9.17) is 10.5 Å². The monoisotopic (exact) mass is 412 g/mol. The van der Waals surface area contributed by atoms with Crippen LogP contribution in [-0.2, 0) is 19.1 Å². The second-order valence-electron chi connectivity index (χ2n) is 8.89. The lowest BCUT2D eigenvalue weighted by atomic mass is 10.0. The number of carbonyl (C=O) groups is 4. The van der Waals surface area contributed by atoms with Gasteiger partial charge in [-0.05, 0) is 52.4 Å². The van der Waals surface area contributed by atoms with Crippen molar-refractivity contribution >= 4 is 23.8 Å². The number of primary amides is 1. The van der Waals surface area contributed by atoms with E-state index in [9.17, 15) is 19.2 Å². The summed E-state index contributed by atoms with van der Waals surface area (Å²) in [5.41, 5.74) is 4.64. The molecule has 29 heavy (non-hydrogen) atoms. The van der Waals surface area contributed by atoms with Gasteiger partial charge in [-0.3, -0.25) is 19.3 Å². The summed E-state index contributed by atoms with van der Waals surface area (Å²) in [7, 11) is 0. The topological polar surface area (TPSA) is 131 Å². The van der Waals surface area contributed by atoms with Gasteiger partial charge in [0.1, 0.15) is 23.7 Å². The molecule has 0 aliphatic carbocycles. The largest absolute Gasteiger partial charge is 0.444 e. The van der Waals surface area contributed by atoms with Crippen molar-refractivity contribution in [2.24, 2.45) is 11.7 Å². The zero-order valence-electron chi connectivity index (χ0n) is 18.4. The summed E-state index contributed by atoms with van der Waals surface area (Å²) >= 11 is 0. The Balaban J connectivity index is 2.87. The summed E-state index contributed by atoms with van der Waals surface area (Å²) in [6.07, 6.45) is 1.39. The van der Waals surface area contributed by atoms with E-state index in [0.29, 0.717) is 32.2 Å². The minimum Gasteiger partial charge on any atom is -0.444 e. The predicted molar refractivity (Wildman–Crippen MR) is 109 cm³/mol. The van der Waals surface area contributed by atoms with E-state index in [1.165, 1.54) is 4.90 Å². The molecule has 1 heterocycles. The molecule has 1 aliphatic heterocycles.